The molecule has 3 fully saturated rings. The predicted molar refractivity (Wildman–Crippen MR) is 166 cm³/mol. The molecule has 1 aliphatic carbocycles. The zero-order valence-corrected chi connectivity index (χ0v) is 25.0. The minimum atomic E-state index is -1.51. The van der Waals surface area contributed by atoms with Crippen molar-refractivity contribution in [3.63, 3.8) is 0 Å². The van der Waals surface area contributed by atoms with E-state index in [-0.39, 0.29) is 42.6 Å². The highest BCUT2D eigenvalue weighted by molar-refractivity contribution is 5.98. The molecule has 3 aliphatic heterocycles. The van der Waals surface area contributed by atoms with Crippen LogP contribution in [0.5, 0.6) is 0 Å². The Balaban J connectivity index is 1.02. The number of nitrogens with zero attached hydrogens (tertiary/aromatic N) is 4. The molecule has 2 saturated heterocycles. The first-order chi connectivity index (χ1) is 22.9. The summed E-state index contributed by atoms with van der Waals surface area (Å²) in [5.74, 6) is -1.50. The third-order valence-corrected chi connectivity index (χ3v) is 9.36. The third-order valence-electron chi connectivity index (χ3n) is 9.36. The first kappa shape index (κ1) is 29.1. The molecule has 2 aromatic carbocycles. The van der Waals surface area contributed by atoms with Crippen LogP contribution in [0.4, 0.5) is 10.6 Å². The van der Waals surface area contributed by atoms with E-state index >= 15 is 0 Å². The molecule has 4 aliphatic rings. The Hall–Kier alpha value is -5.34. The number of carbonyl (C=O) groups is 3. The van der Waals surface area contributed by atoms with E-state index in [1.165, 1.54) is 22.8 Å². The molecule has 14 heteroatoms. The van der Waals surface area contributed by atoms with Gasteiger partial charge in [0.1, 0.15) is 18.2 Å². The number of fused-ring (bicyclic) bond motifs is 2. The number of imidazole rings is 1. The van der Waals surface area contributed by atoms with Crippen molar-refractivity contribution in [3.8, 4) is 0 Å². The second-order valence-electron chi connectivity index (χ2n) is 12.1. The molecule has 0 spiro atoms. The van der Waals surface area contributed by atoms with Crippen molar-refractivity contribution in [1.82, 2.24) is 30.2 Å². The van der Waals surface area contributed by atoms with Crippen LogP contribution < -0.4 is 16.0 Å². The fourth-order valence-electron chi connectivity index (χ4n) is 6.97. The Morgan fingerprint density at radius 3 is 2.62 bits per heavy atom. The first-order valence-electron chi connectivity index (χ1n) is 15.4. The normalized spacial score (nSPS) is 27.6. The second kappa shape index (κ2) is 11.5. The monoisotopic (exact) mass is 637 g/mol. The molecule has 5 heterocycles. The van der Waals surface area contributed by atoms with E-state index in [1.54, 1.807) is 0 Å². The lowest BCUT2D eigenvalue weighted by atomic mass is 9.76. The van der Waals surface area contributed by atoms with E-state index < -0.39 is 41.4 Å². The number of aromatic nitrogens is 4. The van der Waals surface area contributed by atoms with Crippen LogP contribution in [0.25, 0.3) is 17.0 Å². The largest absolute Gasteiger partial charge is 0.480 e. The Morgan fingerprint density at radius 1 is 1.04 bits per heavy atom. The number of Topliss-reactive ketones (excluding diaryl/α,β-unsaturated/α-hetero) is 1. The molecule has 1 saturated carbocycles. The van der Waals surface area contributed by atoms with Crippen LogP contribution >= 0.6 is 0 Å². The van der Waals surface area contributed by atoms with Gasteiger partial charge in [-0.15, -0.1) is 0 Å². The van der Waals surface area contributed by atoms with Gasteiger partial charge >= 0.3 is 12.0 Å². The van der Waals surface area contributed by atoms with Crippen molar-refractivity contribution >= 4 is 40.6 Å². The molecule has 47 heavy (non-hydrogen) atoms. The van der Waals surface area contributed by atoms with Crippen LogP contribution in [0.1, 0.15) is 29.9 Å². The number of ether oxygens (including phenoxy) is 3. The summed E-state index contributed by atoms with van der Waals surface area (Å²) >= 11 is 0. The minimum Gasteiger partial charge on any atom is -0.480 e. The predicted octanol–water partition coefficient (Wildman–Crippen LogP) is 2.65. The number of carboxylic acids is 1. The summed E-state index contributed by atoms with van der Waals surface area (Å²) in [6, 6.07) is 18.8. The van der Waals surface area contributed by atoms with Crippen molar-refractivity contribution in [3.05, 3.63) is 90.2 Å². The van der Waals surface area contributed by atoms with Crippen LogP contribution in [0.15, 0.2) is 79.1 Å². The van der Waals surface area contributed by atoms with Crippen LogP contribution in [0, 0.1) is 5.92 Å². The molecule has 2 amide bonds. The first-order valence-corrected chi connectivity index (χ1v) is 15.4. The number of rotatable bonds is 9. The molecule has 2 aromatic heterocycles. The number of carbonyl (C=O) groups excluding carboxylic acids is 2. The fourth-order valence-corrected chi connectivity index (χ4v) is 6.97. The van der Waals surface area contributed by atoms with Crippen LogP contribution in [0.2, 0.25) is 0 Å². The zero-order valence-electron chi connectivity index (χ0n) is 25.0. The average Bonchev–Trinajstić information content (AvgIpc) is 3.51. The number of aliphatic carboxylic acids is 1. The van der Waals surface area contributed by atoms with E-state index in [0.717, 1.165) is 12.0 Å². The number of nitrogens with one attached hydrogen (secondary N) is 3. The fraction of sp³-hybridized carbons (Fsp3) is 0.333. The van der Waals surface area contributed by atoms with Gasteiger partial charge in [-0.2, -0.15) is 0 Å². The van der Waals surface area contributed by atoms with Crippen molar-refractivity contribution in [1.29, 1.82) is 0 Å². The Bertz CT molecular complexity index is 1900. The quantitative estimate of drug-likeness (QED) is 0.212. The summed E-state index contributed by atoms with van der Waals surface area (Å²) in [6.45, 7) is 0.255. The smallest absolute Gasteiger partial charge is 0.325 e. The number of ketones is 1. The second-order valence-corrected chi connectivity index (χ2v) is 12.1. The van der Waals surface area contributed by atoms with Gasteiger partial charge in [0.05, 0.1) is 5.92 Å². The van der Waals surface area contributed by atoms with Crippen LogP contribution in [-0.4, -0.2) is 79.5 Å². The molecular formula is C33H31N7O7. The van der Waals surface area contributed by atoms with Gasteiger partial charge in [-0.25, -0.2) is 24.3 Å². The number of anilines is 1. The number of amides is 2. The molecule has 4 N–H and O–H groups in total. The summed E-state index contributed by atoms with van der Waals surface area (Å²) in [5, 5.41) is 19.3. The van der Waals surface area contributed by atoms with E-state index in [0.29, 0.717) is 24.1 Å². The highest BCUT2D eigenvalue weighted by Crippen LogP contribution is 2.42. The number of carboxylic acid groups (broad SMARTS) is 1. The molecule has 240 valence electrons. The Morgan fingerprint density at radius 2 is 1.83 bits per heavy atom. The van der Waals surface area contributed by atoms with Gasteiger partial charge in [-0.05, 0) is 30.5 Å². The summed E-state index contributed by atoms with van der Waals surface area (Å²) < 4.78 is 19.3. The molecular weight excluding hydrogens is 606 g/mol. The lowest BCUT2D eigenvalue weighted by Gasteiger charge is -2.32. The number of benzene rings is 2. The van der Waals surface area contributed by atoms with E-state index in [4.69, 9.17) is 14.2 Å². The van der Waals surface area contributed by atoms with E-state index in [1.807, 2.05) is 60.7 Å². The summed E-state index contributed by atoms with van der Waals surface area (Å²) in [6.07, 6.45) is 2.00. The Labute approximate surface area is 268 Å². The maximum absolute atomic E-state index is 14.2. The summed E-state index contributed by atoms with van der Waals surface area (Å²) in [7, 11) is 0. The minimum absolute atomic E-state index is 0.0136. The average molecular weight is 638 g/mol. The van der Waals surface area contributed by atoms with Gasteiger partial charge in [0, 0.05) is 18.4 Å². The molecule has 0 radical (unpaired) electrons. The highest BCUT2D eigenvalue weighted by Gasteiger charge is 2.58. The molecule has 8 rings (SSSR count). The van der Waals surface area contributed by atoms with Crippen molar-refractivity contribution < 1.29 is 33.7 Å². The molecule has 4 aromatic rings. The topological polar surface area (TPSA) is 179 Å². The van der Waals surface area contributed by atoms with Gasteiger partial charge in [-0.1, -0.05) is 60.7 Å². The van der Waals surface area contributed by atoms with E-state index in [9.17, 15) is 19.5 Å². The zero-order chi connectivity index (χ0) is 32.1. The summed E-state index contributed by atoms with van der Waals surface area (Å²) in [5.41, 5.74) is 1.06. The number of hydrogen-bond acceptors (Lipinski definition) is 10. The maximum atomic E-state index is 14.2. The van der Waals surface area contributed by atoms with Gasteiger partial charge < -0.3 is 30.0 Å². The van der Waals surface area contributed by atoms with Crippen LogP contribution in [-0.2, 0) is 30.2 Å². The van der Waals surface area contributed by atoms with Crippen molar-refractivity contribution in [2.24, 2.45) is 5.92 Å². The lowest BCUT2D eigenvalue weighted by molar-refractivity contribution is -0.152. The lowest BCUT2D eigenvalue weighted by Crippen LogP contribution is -2.58. The Kier molecular flexibility index (Phi) is 7.10. The van der Waals surface area contributed by atoms with Gasteiger partial charge in [0.25, 0.3) is 0 Å². The number of urea groups is 1. The maximum Gasteiger partial charge on any atom is 0.325 e. The molecule has 0 bridgehead atoms. The summed E-state index contributed by atoms with van der Waals surface area (Å²) in [4.78, 5) is 52.8. The van der Waals surface area contributed by atoms with Crippen molar-refractivity contribution in [2.45, 2.75) is 49.0 Å². The molecule has 14 nitrogen and oxygen atoms in total. The number of hydrogen-bond donors (Lipinski definition) is 4. The standard InChI is InChI=1S/C33H31N7O7/c41-24(21-11-12-37-33(21,31(42)43)14-18-7-3-1-4-8-18)25-26-27(46-17-45-26)30(47-25)40-16-36-23-28(34-15-35-29(23)40)39-32(44)38-22-13-20(22)19-9-5-2-6-10-19/h1-10,15-16,20-22,25-26,37H,11-14,17H2,(H,42,43)(H2,34,35,38,39,44). The van der Waals surface area contributed by atoms with Gasteiger partial charge in [0.15, 0.2) is 47.5 Å². The van der Waals surface area contributed by atoms with Gasteiger partial charge in [0.2, 0.25) is 5.88 Å². The SMILES string of the molecule is O=C(Nc1ncnc2c1ncn2C1=C2OCOC2C(C(=O)C2CCNC2(Cc2ccccc2)C(=O)O)O1)NC1CC1c1ccccc1. The molecule has 6 atom stereocenters. The highest BCUT2D eigenvalue weighted by atomic mass is 16.7. The van der Waals surface area contributed by atoms with Crippen molar-refractivity contribution in [2.75, 3.05) is 18.7 Å². The van der Waals surface area contributed by atoms with Gasteiger partial charge in [-0.3, -0.25) is 14.9 Å². The third kappa shape index (κ3) is 5.05. The van der Waals surface area contributed by atoms with E-state index in [2.05, 4.69) is 30.9 Å². The molecule has 6 unspecified atom stereocenters. The van der Waals surface area contributed by atoms with Crippen LogP contribution in [0.3, 0.4) is 0 Å².